The van der Waals surface area contributed by atoms with E-state index in [9.17, 15) is 9.59 Å². The number of nitrogens with one attached hydrogen (secondary N) is 2. The topological polar surface area (TPSA) is 107 Å². The van der Waals surface area contributed by atoms with Crippen molar-refractivity contribution in [1.82, 2.24) is 25.2 Å². The summed E-state index contributed by atoms with van der Waals surface area (Å²) in [6.07, 6.45) is 8.03. The van der Waals surface area contributed by atoms with E-state index < -0.39 is 0 Å². The van der Waals surface area contributed by atoms with E-state index in [1.807, 2.05) is 29.0 Å². The molecule has 0 saturated carbocycles. The van der Waals surface area contributed by atoms with Crippen LogP contribution in [0, 0.1) is 0 Å². The SMILES string of the molecule is COc1ccc2cc1OCC(=O)NCc1cc(C(=O)NCc3nc4c(s3)CCCC4)cc(c1)-n1ccnc1-2. The standard InChI is InChI=1S/C28H27N5O4S/c1-36-22-7-6-18-13-23(22)37-16-25(34)30-14-17-10-19(12-20(11-17)33-9-8-29-27(18)33)28(35)31-15-26-32-21-4-2-3-5-24(21)38-26/h6-13H,2-5,14-16H2,1H3,(H,30,34)(H,31,35). The number of aromatic nitrogens is 3. The van der Waals surface area contributed by atoms with Gasteiger partial charge in [0.05, 0.1) is 19.3 Å². The Labute approximate surface area is 223 Å². The number of nitrogens with zero attached hydrogens (tertiary/aromatic N) is 3. The molecule has 4 aromatic rings. The van der Waals surface area contributed by atoms with Gasteiger partial charge in [0.1, 0.15) is 10.8 Å². The molecule has 1 aliphatic heterocycles. The Kier molecular flexibility index (Phi) is 6.55. The number of fused-ring (bicyclic) bond motifs is 8. The summed E-state index contributed by atoms with van der Waals surface area (Å²) >= 11 is 1.69. The number of carbonyl (C=O) groups is 2. The molecule has 6 rings (SSSR count). The van der Waals surface area contributed by atoms with Crippen molar-refractivity contribution in [2.75, 3.05) is 13.7 Å². The summed E-state index contributed by atoms with van der Waals surface area (Å²) in [5.41, 5.74) is 4.01. The quantitative estimate of drug-likeness (QED) is 0.416. The summed E-state index contributed by atoms with van der Waals surface area (Å²) in [5, 5.41) is 6.84. The molecule has 9 nitrogen and oxygen atoms in total. The van der Waals surface area contributed by atoms with Gasteiger partial charge < -0.3 is 20.1 Å². The van der Waals surface area contributed by atoms with Crippen LogP contribution in [-0.4, -0.2) is 40.1 Å². The molecule has 1 aliphatic carbocycles. The zero-order chi connectivity index (χ0) is 26.1. The molecular formula is C28H27N5O4S. The Balaban J connectivity index is 1.33. The lowest BCUT2D eigenvalue weighted by Crippen LogP contribution is -2.29. The normalized spacial score (nSPS) is 14.5. The minimum Gasteiger partial charge on any atom is -0.493 e. The van der Waals surface area contributed by atoms with Crippen LogP contribution in [0.15, 0.2) is 48.8 Å². The number of hydrogen-bond acceptors (Lipinski definition) is 7. The number of rotatable bonds is 4. The molecular weight excluding hydrogens is 502 g/mol. The number of benzene rings is 2. The first kappa shape index (κ1) is 24.2. The Morgan fingerprint density at radius 2 is 2.11 bits per heavy atom. The summed E-state index contributed by atoms with van der Waals surface area (Å²) in [6, 6.07) is 11.0. The van der Waals surface area contributed by atoms with Crippen LogP contribution in [-0.2, 0) is 30.7 Å². The third-order valence-corrected chi connectivity index (χ3v) is 7.88. The molecule has 2 amide bonds. The lowest BCUT2D eigenvalue weighted by Gasteiger charge is -2.13. The van der Waals surface area contributed by atoms with Gasteiger partial charge in [-0.1, -0.05) is 0 Å². The number of methoxy groups -OCH3 is 1. The van der Waals surface area contributed by atoms with Gasteiger partial charge in [-0.05, 0) is 67.6 Å². The number of aryl methyl sites for hydroxylation is 2. The molecule has 4 bridgehead atoms. The Morgan fingerprint density at radius 1 is 1.21 bits per heavy atom. The molecule has 3 heterocycles. The second kappa shape index (κ2) is 10.3. The molecule has 194 valence electrons. The predicted molar refractivity (Wildman–Crippen MR) is 143 cm³/mol. The van der Waals surface area contributed by atoms with Crippen molar-refractivity contribution in [2.24, 2.45) is 0 Å². The van der Waals surface area contributed by atoms with Crippen LogP contribution in [0.3, 0.4) is 0 Å². The maximum Gasteiger partial charge on any atom is 0.258 e. The average Bonchev–Trinajstić information content (AvgIpc) is 3.60. The zero-order valence-corrected chi connectivity index (χ0v) is 21.8. The van der Waals surface area contributed by atoms with Gasteiger partial charge in [-0.3, -0.25) is 14.2 Å². The second-order valence-electron chi connectivity index (χ2n) is 9.31. The van der Waals surface area contributed by atoms with Crippen molar-refractivity contribution in [3.8, 4) is 28.6 Å². The first-order chi connectivity index (χ1) is 18.6. The van der Waals surface area contributed by atoms with E-state index in [2.05, 4.69) is 15.6 Å². The van der Waals surface area contributed by atoms with Crippen molar-refractivity contribution in [3.63, 3.8) is 0 Å². The number of hydrogen-bond donors (Lipinski definition) is 2. The number of carbonyl (C=O) groups excluding carboxylic acids is 2. The highest BCUT2D eigenvalue weighted by Crippen LogP contribution is 2.33. The number of ether oxygens (including phenoxy) is 2. The highest BCUT2D eigenvalue weighted by molar-refractivity contribution is 7.11. The molecule has 0 atom stereocenters. The second-order valence-corrected chi connectivity index (χ2v) is 10.5. The fraction of sp³-hybridized carbons (Fsp3) is 0.286. The largest absolute Gasteiger partial charge is 0.493 e. The minimum atomic E-state index is -0.279. The maximum absolute atomic E-state index is 13.3. The van der Waals surface area contributed by atoms with Crippen LogP contribution in [0.2, 0.25) is 0 Å². The summed E-state index contributed by atoms with van der Waals surface area (Å²) in [4.78, 5) is 36.5. The Hall–Kier alpha value is -4.18. The maximum atomic E-state index is 13.3. The van der Waals surface area contributed by atoms with Gasteiger partial charge in [-0.25, -0.2) is 9.97 Å². The molecule has 2 aliphatic rings. The van der Waals surface area contributed by atoms with Crippen LogP contribution in [0.1, 0.15) is 44.3 Å². The zero-order valence-electron chi connectivity index (χ0n) is 21.0. The van der Waals surface area contributed by atoms with Crippen molar-refractivity contribution >= 4 is 23.2 Å². The van der Waals surface area contributed by atoms with E-state index in [1.54, 1.807) is 42.8 Å². The smallest absolute Gasteiger partial charge is 0.258 e. The van der Waals surface area contributed by atoms with Crippen molar-refractivity contribution < 1.29 is 19.1 Å². The molecule has 2 aromatic heterocycles. The highest BCUT2D eigenvalue weighted by Gasteiger charge is 2.19. The molecule has 0 unspecified atom stereocenters. The van der Waals surface area contributed by atoms with Crippen molar-refractivity contribution in [1.29, 1.82) is 0 Å². The Morgan fingerprint density at radius 3 is 2.97 bits per heavy atom. The minimum absolute atomic E-state index is 0.168. The van der Waals surface area contributed by atoms with E-state index >= 15 is 0 Å². The van der Waals surface area contributed by atoms with Gasteiger partial charge in [0.25, 0.3) is 11.8 Å². The monoisotopic (exact) mass is 529 g/mol. The molecule has 0 spiro atoms. The summed E-state index contributed by atoms with van der Waals surface area (Å²) in [5.74, 6) is 1.17. The summed E-state index contributed by atoms with van der Waals surface area (Å²) < 4.78 is 13.1. The van der Waals surface area contributed by atoms with Gasteiger partial charge in [0, 0.05) is 40.6 Å². The molecule has 2 N–H and O–H groups in total. The van der Waals surface area contributed by atoms with Gasteiger partial charge in [0.2, 0.25) is 0 Å². The third kappa shape index (κ3) is 4.87. The highest BCUT2D eigenvalue weighted by atomic mass is 32.1. The molecule has 38 heavy (non-hydrogen) atoms. The van der Waals surface area contributed by atoms with Crippen LogP contribution < -0.4 is 20.1 Å². The first-order valence-corrected chi connectivity index (χ1v) is 13.4. The van der Waals surface area contributed by atoms with Gasteiger partial charge in [-0.2, -0.15) is 0 Å². The van der Waals surface area contributed by atoms with E-state index in [0.717, 1.165) is 34.7 Å². The third-order valence-electron chi connectivity index (χ3n) is 6.72. The van der Waals surface area contributed by atoms with E-state index in [0.29, 0.717) is 29.4 Å². The van der Waals surface area contributed by atoms with Crippen molar-refractivity contribution in [2.45, 2.75) is 38.8 Å². The molecule has 0 radical (unpaired) electrons. The van der Waals surface area contributed by atoms with Crippen molar-refractivity contribution in [3.05, 3.63) is 75.5 Å². The van der Waals surface area contributed by atoms with E-state index in [1.165, 1.54) is 23.4 Å². The number of imidazole rings is 1. The van der Waals surface area contributed by atoms with Crippen LogP contribution in [0.4, 0.5) is 0 Å². The molecule has 0 saturated heterocycles. The predicted octanol–water partition coefficient (Wildman–Crippen LogP) is 3.82. The van der Waals surface area contributed by atoms with Crippen LogP contribution >= 0.6 is 11.3 Å². The lowest BCUT2D eigenvalue weighted by atomic mass is 10.0. The summed E-state index contributed by atoms with van der Waals surface area (Å²) in [7, 11) is 1.55. The summed E-state index contributed by atoms with van der Waals surface area (Å²) in [6.45, 7) is 0.461. The Bertz CT molecular complexity index is 1500. The van der Waals surface area contributed by atoms with E-state index in [4.69, 9.17) is 14.5 Å². The van der Waals surface area contributed by atoms with Gasteiger partial charge in [0.15, 0.2) is 18.1 Å². The van der Waals surface area contributed by atoms with Crippen LogP contribution in [0.5, 0.6) is 11.5 Å². The molecule has 0 fully saturated rings. The van der Waals surface area contributed by atoms with E-state index in [-0.39, 0.29) is 25.0 Å². The fourth-order valence-electron chi connectivity index (χ4n) is 4.83. The lowest BCUT2D eigenvalue weighted by molar-refractivity contribution is -0.123. The first-order valence-electron chi connectivity index (χ1n) is 12.6. The number of amides is 2. The number of thiazole rings is 1. The average molecular weight is 530 g/mol. The van der Waals surface area contributed by atoms with Gasteiger partial charge in [-0.15, -0.1) is 11.3 Å². The van der Waals surface area contributed by atoms with Gasteiger partial charge >= 0.3 is 0 Å². The van der Waals surface area contributed by atoms with Crippen LogP contribution in [0.25, 0.3) is 17.1 Å². The molecule has 10 heteroatoms. The molecule has 2 aromatic carbocycles. The fourth-order valence-corrected chi connectivity index (χ4v) is 5.93.